The van der Waals surface area contributed by atoms with E-state index in [1.54, 1.807) is 0 Å². The summed E-state index contributed by atoms with van der Waals surface area (Å²) < 4.78 is 16.8. The number of hydrogen-bond donors (Lipinski definition) is 0. The van der Waals surface area contributed by atoms with E-state index >= 15 is 0 Å². The van der Waals surface area contributed by atoms with Crippen molar-refractivity contribution < 1.29 is 28.6 Å². The highest BCUT2D eigenvalue weighted by Gasteiger charge is 2.19. The van der Waals surface area contributed by atoms with E-state index in [1.807, 2.05) is 0 Å². The van der Waals surface area contributed by atoms with Gasteiger partial charge < -0.3 is 14.2 Å². The molecule has 0 spiro atoms. The monoisotopic (exact) mass is 935 g/mol. The summed E-state index contributed by atoms with van der Waals surface area (Å²) in [4.78, 5) is 38.1. The Hall–Kier alpha value is -3.15. The van der Waals surface area contributed by atoms with Gasteiger partial charge in [0.1, 0.15) is 13.2 Å². The maximum atomic E-state index is 12.8. The Kier molecular flexibility index (Phi) is 52.8. The summed E-state index contributed by atoms with van der Waals surface area (Å²) in [5.74, 6) is -0.920. The normalized spacial score (nSPS) is 12.6. The van der Waals surface area contributed by atoms with Gasteiger partial charge in [-0.05, 0) is 89.9 Å². The Labute approximate surface area is 414 Å². The van der Waals surface area contributed by atoms with E-state index in [-0.39, 0.29) is 31.1 Å². The largest absolute Gasteiger partial charge is 0.462 e. The smallest absolute Gasteiger partial charge is 0.306 e. The van der Waals surface area contributed by atoms with Gasteiger partial charge in [-0.2, -0.15) is 0 Å². The lowest BCUT2D eigenvalue weighted by molar-refractivity contribution is -0.167. The van der Waals surface area contributed by atoms with Crippen molar-refractivity contribution in [1.82, 2.24) is 0 Å². The van der Waals surface area contributed by atoms with Crippen molar-refractivity contribution in [2.75, 3.05) is 13.2 Å². The Balaban J connectivity index is 4.43. The van der Waals surface area contributed by atoms with Crippen LogP contribution in [0.3, 0.4) is 0 Å². The standard InChI is InChI=1S/C61H106O6/c1-4-7-10-13-16-19-22-25-28-30-31-32-34-36-39-42-45-48-51-54-60(63)66-57-58(56-65-59(62)53-50-47-44-41-38-35-27-24-21-18-15-12-9-6-3)67-61(64)55-52-49-46-43-40-37-33-29-26-23-20-17-14-11-8-5-2/h7,10,16,19,24-25,27-28,31-32,36,39,58H,4-6,8-9,11-15,17-18,20-23,26,29-30,33-35,37-38,40-57H2,1-3H3/b10-7-,19-16-,27-24-,28-25-,32-31-,39-36-. The summed E-state index contributed by atoms with van der Waals surface area (Å²) >= 11 is 0. The van der Waals surface area contributed by atoms with Gasteiger partial charge in [0.15, 0.2) is 6.10 Å². The third-order valence-electron chi connectivity index (χ3n) is 12.2. The fourth-order valence-electron chi connectivity index (χ4n) is 7.93. The van der Waals surface area contributed by atoms with Gasteiger partial charge in [-0.15, -0.1) is 0 Å². The van der Waals surface area contributed by atoms with Crippen LogP contribution in [0.25, 0.3) is 0 Å². The number of hydrogen-bond acceptors (Lipinski definition) is 6. The number of ether oxygens (including phenoxy) is 3. The average molecular weight is 936 g/mol. The van der Waals surface area contributed by atoms with Crippen molar-refractivity contribution in [3.8, 4) is 0 Å². The van der Waals surface area contributed by atoms with E-state index in [0.29, 0.717) is 19.3 Å². The molecule has 6 nitrogen and oxygen atoms in total. The lowest BCUT2D eigenvalue weighted by Crippen LogP contribution is -2.30. The molecule has 0 aliphatic rings. The van der Waals surface area contributed by atoms with Gasteiger partial charge in [0.25, 0.3) is 0 Å². The van der Waals surface area contributed by atoms with Crippen LogP contribution in [0.15, 0.2) is 72.9 Å². The Morgan fingerprint density at radius 3 is 0.940 bits per heavy atom. The molecule has 0 saturated heterocycles. The lowest BCUT2D eigenvalue weighted by atomic mass is 10.0. The molecule has 0 aromatic carbocycles. The molecule has 0 N–H and O–H groups in total. The lowest BCUT2D eigenvalue weighted by Gasteiger charge is -2.18. The molecule has 386 valence electrons. The second-order valence-corrected chi connectivity index (χ2v) is 18.8. The number of carbonyl (C=O) groups is 3. The minimum Gasteiger partial charge on any atom is -0.462 e. The highest BCUT2D eigenvalue weighted by atomic mass is 16.6. The predicted molar refractivity (Wildman–Crippen MR) is 288 cm³/mol. The number of carbonyl (C=O) groups excluding carboxylic acids is 3. The number of unbranched alkanes of at least 4 members (excludes halogenated alkanes) is 28. The van der Waals surface area contributed by atoms with Crippen molar-refractivity contribution in [1.29, 1.82) is 0 Å². The Morgan fingerprint density at radius 2 is 0.582 bits per heavy atom. The van der Waals surface area contributed by atoms with Crippen LogP contribution in [-0.4, -0.2) is 37.2 Å². The van der Waals surface area contributed by atoms with Gasteiger partial charge in [0.05, 0.1) is 0 Å². The highest BCUT2D eigenvalue weighted by molar-refractivity contribution is 5.71. The maximum Gasteiger partial charge on any atom is 0.306 e. The molecule has 1 atom stereocenters. The highest BCUT2D eigenvalue weighted by Crippen LogP contribution is 2.16. The predicted octanol–water partition coefficient (Wildman–Crippen LogP) is 19.0. The van der Waals surface area contributed by atoms with Crippen LogP contribution in [0.2, 0.25) is 0 Å². The molecule has 1 unspecified atom stereocenters. The fraction of sp³-hybridized carbons (Fsp3) is 0.754. The maximum absolute atomic E-state index is 12.8. The molecule has 0 aliphatic heterocycles. The second kappa shape index (κ2) is 55.4. The molecule has 0 fully saturated rings. The average Bonchev–Trinajstić information content (AvgIpc) is 3.33. The van der Waals surface area contributed by atoms with Crippen LogP contribution >= 0.6 is 0 Å². The van der Waals surface area contributed by atoms with Crippen LogP contribution in [0, 0.1) is 0 Å². The molecule has 0 rings (SSSR count). The van der Waals surface area contributed by atoms with Crippen LogP contribution in [-0.2, 0) is 28.6 Å². The summed E-state index contributed by atoms with van der Waals surface area (Å²) in [5, 5.41) is 0. The van der Waals surface area contributed by atoms with E-state index in [0.717, 1.165) is 103 Å². The summed E-state index contributed by atoms with van der Waals surface area (Å²) in [6, 6.07) is 0. The molecule has 0 heterocycles. The molecule has 0 radical (unpaired) electrons. The molecule has 0 aliphatic carbocycles. The molecule has 67 heavy (non-hydrogen) atoms. The minimum atomic E-state index is -0.791. The first kappa shape index (κ1) is 63.8. The second-order valence-electron chi connectivity index (χ2n) is 18.8. The van der Waals surface area contributed by atoms with E-state index in [9.17, 15) is 14.4 Å². The molecular formula is C61H106O6. The van der Waals surface area contributed by atoms with Gasteiger partial charge in [-0.1, -0.05) is 241 Å². The van der Waals surface area contributed by atoms with E-state index in [1.165, 1.54) is 135 Å². The first-order valence-electron chi connectivity index (χ1n) is 28.4. The van der Waals surface area contributed by atoms with Crippen molar-refractivity contribution in [2.45, 2.75) is 284 Å². The van der Waals surface area contributed by atoms with Gasteiger partial charge in [-0.3, -0.25) is 14.4 Å². The number of esters is 3. The number of allylic oxidation sites excluding steroid dienone is 12. The Bertz CT molecular complexity index is 1260. The van der Waals surface area contributed by atoms with E-state index < -0.39 is 6.10 Å². The van der Waals surface area contributed by atoms with Crippen molar-refractivity contribution in [2.24, 2.45) is 0 Å². The first-order valence-corrected chi connectivity index (χ1v) is 28.4. The summed E-state index contributed by atoms with van der Waals surface area (Å²) in [6.07, 6.45) is 70.3. The fourth-order valence-corrected chi connectivity index (χ4v) is 7.93. The van der Waals surface area contributed by atoms with Crippen LogP contribution < -0.4 is 0 Å². The minimum absolute atomic E-state index is 0.0883. The molecular weight excluding hydrogens is 829 g/mol. The zero-order valence-electron chi connectivity index (χ0n) is 44.2. The van der Waals surface area contributed by atoms with E-state index in [4.69, 9.17) is 14.2 Å². The topological polar surface area (TPSA) is 78.9 Å². The van der Waals surface area contributed by atoms with Gasteiger partial charge >= 0.3 is 17.9 Å². The van der Waals surface area contributed by atoms with Crippen molar-refractivity contribution in [3.05, 3.63) is 72.9 Å². The third kappa shape index (κ3) is 53.7. The third-order valence-corrected chi connectivity index (χ3v) is 12.2. The molecule has 0 saturated carbocycles. The van der Waals surface area contributed by atoms with Crippen LogP contribution in [0.5, 0.6) is 0 Å². The van der Waals surface area contributed by atoms with Gasteiger partial charge in [0.2, 0.25) is 0 Å². The molecule has 6 heteroatoms. The molecule has 0 amide bonds. The molecule has 0 bridgehead atoms. The summed E-state index contributed by atoms with van der Waals surface area (Å²) in [7, 11) is 0. The molecule has 0 aromatic rings. The Morgan fingerprint density at radius 1 is 0.313 bits per heavy atom. The van der Waals surface area contributed by atoms with Crippen LogP contribution in [0.4, 0.5) is 0 Å². The zero-order chi connectivity index (χ0) is 48.6. The number of rotatable bonds is 51. The van der Waals surface area contributed by atoms with Gasteiger partial charge in [0, 0.05) is 19.3 Å². The SMILES string of the molecule is CC/C=C\C/C=C\C/C=C\C/C=C\C/C=C\CCCCCC(=O)OCC(COC(=O)CCCCCCC/C=C\CCCCCCC)OC(=O)CCCCCCCCCCCCCCCCCC. The van der Waals surface area contributed by atoms with Crippen molar-refractivity contribution >= 4 is 17.9 Å². The van der Waals surface area contributed by atoms with Crippen molar-refractivity contribution in [3.63, 3.8) is 0 Å². The summed E-state index contributed by atoms with van der Waals surface area (Å²) in [5.41, 5.74) is 0. The van der Waals surface area contributed by atoms with Gasteiger partial charge in [-0.25, -0.2) is 0 Å². The summed E-state index contributed by atoms with van der Waals surface area (Å²) in [6.45, 7) is 6.50. The first-order chi connectivity index (χ1) is 33.0. The van der Waals surface area contributed by atoms with E-state index in [2.05, 4.69) is 93.7 Å². The quantitative estimate of drug-likeness (QED) is 0.0262. The molecule has 0 aromatic heterocycles. The van der Waals surface area contributed by atoms with Crippen LogP contribution in [0.1, 0.15) is 278 Å². The zero-order valence-corrected chi connectivity index (χ0v) is 44.2.